The SMILES string of the molecule is CN(CCNC(=O)c1ccc2c(Oc3ccc(C(F)(F)P)cc3)cccc2c1)C(=O)OC(C)(C)C. The zero-order chi connectivity index (χ0) is 25.8. The summed E-state index contributed by atoms with van der Waals surface area (Å²) in [5.41, 5.74) is -3.25. The first kappa shape index (κ1) is 26.4. The molecule has 3 rings (SSSR count). The maximum absolute atomic E-state index is 13.4. The Morgan fingerprint density at radius 3 is 2.34 bits per heavy atom. The summed E-state index contributed by atoms with van der Waals surface area (Å²) in [7, 11) is 3.12. The fourth-order valence-electron chi connectivity index (χ4n) is 3.23. The molecule has 0 radical (unpaired) electrons. The topological polar surface area (TPSA) is 67.9 Å². The van der Waals surface area contributed by atoms with Gasteiger partial charge in [-0.05, 0) is 74.7 Å². The Bertz CT molecular complexity index is 1200. The lowest BCUT2D eigenvalue weighted by atomic mass is 10.1. The Morgan fingerprint density at radius 1 is 1.03 bits per heavy atom. The number of amides is 2. The van der Waals surface area contributed by atoms with Crippen LogP contribution in [0.4, 0.5) is 13.6 Å². The van der Waals surface area contributed by atoms with Crippen LogP contribution in [0.1, 0.15) is 36.7 Å². The highest BCUT2D eigenvalue weighted by Crippen LogP contribution is 2.36. The van der Waals surface area contributed by atoms with E-state index < -0.39 is 17.4 Å². The first-order chi connectivity index (χ1) is 16.3. The standard InChI is InChI=1S/C26H29F2N2O4P/c1-25(2,3)34-24(32)30(4)15-14-29-23(31)18-8-13-21-17(16-18)6-5-7-22(21)33-20-11-9-19(10-12-20)26(27,28)35/h5-13,16H,14-15,35H2,1-4H3,(H,29,31). The fourth-order valence-corrected chi connectivity index (χ4v) is 3.42. The first-order valence-electron chi connectivity index (χ1n) is 11.0. The van der Waals surface area contributed by atoms with Gasteiger partial charge in [0.05, 0.1) is 0 Å². The number of likely N-dealkylation sites (N-methyl/N-ethyl adjacent to an activating group) is 1. The molecule has 0 aromatic heterocycles. The van der Waals surface area contributed by atoms with E-state index in [0.29, 0.717) is 23.6 Å². The quantitative estimate of drug-likeness (QED) is 0.394. The van der Waals surface area contributed by atoms with Gasteiger partial charge < -0.3 is 19.7 Å². The third-order valence-corrected chi connectivity index (χ3v) is 5.34. The molecule has 0 bridgehead atoms. The minimum absolute atomic E-state index is 0.124. The molecule has 9 heteroatoms. The number of hydrogen-bond acceptors (Lipinski definition) is 4. The van der Waals surface area contributed by atoms with Crippen LogP contribution in [-0.4, -0.2) is 42.6 Å². The van der Waals surface area contributed by atoms with Gasteiger partial charge in [0.1, 0.15) is 17.1 Å². The second-order valence-electron chi connectivity index (χ2n) is 9.10. The molecular formula is C26H29F2N2O4P. The summed E-state index contributed by atoms with van der Waals surface area (Å²) in [6.45, 7) is 5.94. The number of nitrogens with one attached hydrogen (secondary N) is 1. The number of carbonyl (C=O) groups is 2. The van der Waals surface area contributed by atoms with Crippen molar-refractivity contribution in [2.75, 3.05) is 20.1 Å². The lowest BCUT2D eigenvalue weighted by molar-refractivity contribution is 0.0299. The maximum atomic E-state index is 13.4. The Labute approximate surface area is 205 Å². The molecule has 0 aliphatic heterocycles. The second kappa shape index (κ2) is 10.6. The number of hydrogen-bond donors (Lipinski definition) is 1. The van der Waals surface area contributed by atoms with Crippen LogP contribution in [0.5, 0.6) is 11.5 Å². The zero-order valence-electron chi connectivity index (χ0n) is 20.1. The fraction of sp³-hybridized carbons (Fsp3) is 0.308. The highest BCUT2D eigenvalue weighted by molar-refractivity contribution is 7.17. The van der Waals surface area contributed by atoms with Crippen molar-refractivity contribution >= 4 is 32.0 Å². The molecule has 0 aliphatic rings. The summed E-state index contributed by atoms with van der Waals surface area (Å²) in [6.07, 6.45) is -0.457. The molecular weight excluding hydrogens is 473 g/mol. The van der Waals surface area contributed by atoms with Crippen LogP contribution in [0.2, 0.25) is 0 Å². The summed E-state index contributed by atoms with van der Waals surface area (Å²) < 4.78 is 38.0. The van der Waals surface area contributed by atoms with Crippen molar-refractivity contribution in [2.45, 2.75) is 32.0 Å². The number of halogens is 2. The molecule has 3 aromatic carbocycles. The number of benzene rings is 3. The Balaban J connectivity index is 1.65. The Morgan fingerprint density at radius 2 is 1.71 bits per heavy atom. The smallest absolute Gasteiger partial charge is 0.410 e. The van der Waals surface area contributed by atoms with Crippen molar-refractivity contribution in [3.05, 3.63) is 71.8 Å². The maximum Gasteiger partial charge on any atom is 0.410 e. The van der Waals surface area contributed by atoms with E-state index >= 15 is 0 Å². The molecule has 0 saturated carbocycles. The van der Waals surface area contributed by atoms with Gasteiger partial charge in [-0.3, -0.25) is 4.79 Å². The average molecular weight is 502 g/mol. The highest BCUT2D eigenvalue weighted by atomic mass is 31.0. The van der Waals surface area contributed by atoms with Crippen molar-refractivity contribution < 1.29 is 27.8 Å². The molecule has 3 aromatic rings. The van der Waals surface area contributed by atoms with Gasteiger partial charge in [0.25, 0.3) is 11.6 Å². The van der Waals surface area contributed by atoms with Gasteiger partial charge in [0.15, 0.2) is 0 Å². The summed E-state index contributed by atoms with van der Waals surface area (Å²) in [4.78, 5) is 26.0. The largest absolute Gasteiger partial charge is 0.457 e. The van der Waals surface area contributed by atoms with Crippen LogP contribution in [0.3, 0.4) is 0 Å². The van der Waals surface area contributed by atoms with E-state index in [1.165, 1.54) is 38.4 Å². The predicted octanol–water partition coefficient (Wildman–Crippen LogP) is 6.15. The summed E-state index contributed by atoms with van der Waals surface area (Å²) >= 11 is 0. The van der Waals surface area contributed by atoms with Gasteiger partial charge in [-0.25, -0.2) is 4.79 Å². The van der Waals surface area contributed by atoms with Crippen LogP contribution in [-0.2, 0) is 10.4 Å². The molecule has 0 fully saturated rings. The molecule has 6 nitrogen and oxygen atoms in total. The normalized spacial score (nSPS) is 11.7. The zero-order valence-corrected chi connectivity index (χ0v) is 21.3. The average Bonchev–Trinajstić information content (AvgIpc) is 2.77. The van der Waals surface area contributed by atoms with Gasteiger partial charge in [-0.15, -0.1) is 0 Å². The molecule has 1 N–H and O–H groups in total. The number of nitrogens with zero attached hydrogens (tertiary/aromatic N) is 1. The molecule has 1 unspecified atom stereocenters. The lowest BCUT2D eigenvalue weighted by Gasteiger charge is -2.24. The molecule has 2 amide bonds. The van der Waals surface area contributed by atoms with E-state index in [1.807, 2.05) is 6.07 Å². The van der Waals surface area contributed by atoms with Gasteiger partial charge in [0.2, 0.25) is 0 Å². The number of ether oxygens (including phenoxy) is 2. The Hall–Kier alpha value is -3.25. The van der Waals surface area contributed by atoms with Crippen molar-refractivity contribution in [1.82, 2.24) is 10.2 Å². The van der Waals surface area contributed by atoms with E-state index in [4.69, 9.17) is 9.47 Å². The number of carbonyl (C=O) groups excluding carboxylic acids is 2. The minimum Gasteiger partial charge on any atom is -0.457 e. The van der Waals surface area contributed by atoms with Crippen LogP contribution < -0.4 is 10.1 Å². The van der Waals surface area contributed by atoms with E-state index in [1.54, 1.807) is 58.2 Å². The molecule has 0 saturated heterocycles. The Kier molecular flexibility index (Phi) is 7.96. The molecule has 0 heterocycles. The molecule has 35 heavy (non-hydrogen) atoms. The summed E-state index contributed by atoms with van der Waals surface area (Å²) in [5.74, 6) is 0.690. The van der Waals surface area contributed by atoms with E-state index in [9.17, 15) is 18.4 Å². The number of alkyl halides is 2. The number of rotatable bonds is 7. The van der Waals surface area contributed by atoms with Crippen molar-refractivity contribution in [3.63, 3.8) is 0 Å². The third-order valence-electron chi connectivity index (χ3n) is 5.01. The van der Waals surface area contributed by atoms with Gasteiger partial charge in [-0.1, -0.05) is 21.4 Å². The second-order valence-corrected chi connectivity index (χ2v) is 9.82. The van der Waals surface area contributed by atoms with Crippen molar-refractivity contribution in [3.8, 4) is 11.5 Å². The molecule has 0 aliphatic carbocycles. The minimum atomic E-state index is -3.00. The van der Waals surface area contributed by atoms with E-state index in [-0.39, 0.29) is 18.0 Å². The monoisotopic (exact) mass is 502 g/mol. The lowest BCUT2D eigenvalue weighted by Crippen LogP contribution is -2.39. The van der Waals surface area contributed by atoms with Crippen LogP contribution in [0.25, 0.3) is 10.8 Å². The number of fused-ring (bicyclic) bond motifs is 1. The molecule has 0 spiro atoms. The van der Waals surface area contributed by atoms with Gasteiger partial charge in [0, 0.05) is 36.7 Å². The van der Waals surface area contributed by atoms with Gasteiger partial charge >= 0.3 is 6.09 Å². The molecule has 186 valence electrons. The van der Waals surface area contributed by atoms with Crippen LogP contribution in [0.15, 0.2) is 60.7 Å². The highest BCUT2D eigenvalue weighted by Gasteiger charge is 2.24. The van der Waals surface area contributed by atoms with Crippen LogP contribution in [0, 0.1) is 0 Å². The predicted molar refractivity (Wildman–Crippen MR) is 135 cm³/mol. The first-order valence-corrected chi connectivity index (χ1v) is 11.6. The van der Waals surface area contributed by atoms with E-state index in [0.717, 1.165) is 10.8 Å². The van der Waals surface area contributed by atoms with Crippen LogP contribution >= 0.6 is 9.24 Å². The third kappa shape index (κ3) is 7.36. The summed E-state index contributed by atoms with van der Waals surface area (Å²) in [6, 6.07) is 16.2. The van der Waals surface area contributed by atoms with E-state index in [2.05, 4.69) is 5.32 Å². The summed E-state index contributed by atoms with van der Waals surface area (Å²) in [5, 5.41) is 4.36. The molecule has 1 atom stereocenters. The van der Waals surface area contributed by atoms with Crippen molar-refractivity contribution in [1.29, 1.82) is 0 Å². The van der Waals surface area contributed by atoms with Crippen molar-refractivity contribution in [2.24, 2.45) is 0 Å². The van der Waals surface area contributed by atoms with Gasteiger partial charge in [-0.2, -0.15) is 8.78 Å².